The van der Waals surface area contributed by atoms with Crippen molar-refractivity contribution in [1.82, 2.24) is 10.2 Å². The maximum Gasteiger partial charge on any atom is 0.244 e. The van der Waals surface area contributed by atoms with Gasteiger partial charge in [-0.15, -0.1) is 0 Å². The summed E-state index contributed by atoms with van der Waals surface area (Å²) >= 11 is 6.22. The van der Waals surface area contributed by atoms with Gasteiger partial charge in [-0.1, -0.05) is 60.1 Å². The SMILES string of the molecule is CCNC(=O)C(Cc1ccccc1)N(Cc1cccc(Cl)c1)C(=O)CN(c1cc(C)ccc1OC)S(C)(=O)=O. The molecule has 0 saturated carbocycles. The predicted molar refractivity (Wildman–Crippen MR) is 155 cm³/mol. The largest absolute Gasteiger partial charge is 0.495 e. The summed E-state index contributed by atoms with van der Waals surface area (Å²) in [4.78, 5) is 28.8. The Bertz CT molecular complexity index is 1400. The average molecular weight is 572 g/mol. The number of carbonyl (C=O) groups excluding carboxylic acids is 2. The molecule has 1 N–H and O–H groups in total. The van der Waals surface area contributed by atoms with Crippen LogP contribution < -0.4 is 14.4 Å². The van der Waals surface area contributed by atoms with E-state index in [0.717, 1.165) is 21.7 Å². The molecule has 1 unspecified atom stereocenters. The van der Waals surface area contributed by atoms with Crippen LogP contribution in [-0.4, -0.2) is 57.6 Å². The molecule has 0 aliphatic carbocycles. The normalized spacial score (nSPS) is 11.9. The maximum atomic E-state index is 14.1. The smallest absolute Gasteiger partial charge is 0.244 e. The predicted octanol–water partition coefficient (Wildman–Crippen LogP) is 4.20. The average Bonchev–Trinajstić information content (AvgIpc) is 2.89. The molecule has 0 saturated heterocycles. The third-order valence-corrected chi connectivity index (χ3v) is 7.51. The van der Waals surface area contributed by atoms with Crippen molar-refractivity contribution in [3.63, 3.8) is 0 Å². The lowest BCUT2D eigenvalue weighted by Crippen LogP contribution is -2.53. The number of carbonyl (C=O) groups is 2. The number of benzene rings is 3. The minimum atomic E-state index is -3.91. The Kier molecular flexibility index (Phi) is 10.4. The molecule has 0 aliphatic heterocycles. The lowest BCUT2D eigenvalue weighted by molar-refractivity contribution is -0.140. The second-order valence-corrected chi connectivity index (χ2v) is 11.5. The van der Waals surface area contributed by atoms with Gasteiger partial charge >= 0.3 is 0 Å². The van der Waals surface area contributed by atoms with E-state index in [1.807, 2.05) is 37.3 Å². The molecule has 0 aliphatic rings. The molecule has 2 amide bonds. The van der Waals surface area contributed by atoms with Crippen LogP contribution >= 0.6 is 11.6 Å². The Balaban J connectivity index is 2.08. The molecule has 1 atom stereocenters. The van der Waals surface area contributed by atoms with Gasteiger partial charge in [0.1, 0.15) is 18.3 Å². The van der Waals surface area contributed by atoms with Crippen LogP contribution in [0, 0.1) is 6.92 Å². The summed E-state index contributed by atoms with van der Waals surface area (Å²) in [6.07, 6.45) is 1.28. The molecule has 0 fully saturated rings. The van der Waals surface area contributed by atoms with Gasteiger partial charge < -0.3 is 15.0 Å². The van der Waals surface area contributed by atoms with Crippen molar-refractivity contribution in [2.24, 2.45) is 0 Å². The number of aryl methyl sites for hydroxylation is 1. The van der Waals surface area contributed by atoms with E-state index in [4.69, 9.17) is 16.3 Å². The fourth-order valence-electron chi connectivity index (χ4n) is 4.27. The van der Waals surface area contributed by atoms with E-state index in [9.17, 15) is 18.0 Å². The van der Waals surface area contributed by atoms with Crippen molar-refractivity contribution in [3.8, 4) is 5.75 Å². The Hall–Kier alpha value is -3.56. The van der Waals surface area contributed by atoms with Gasteiger partial charge in [-0.2, -0.15) is 0 Å². The minimum absolute atomic E-state index is 0.0522. The number of nitrogens with zero attached hydrogens (tertiary/aromatic N) is 2. The number of halogens is 1. The zero-order chi connectivity index (χ0) is 28.6. The van der Waals surface area contributed by atoms with Gasteiger partial charge in [-0.3, -0.25) is 13.9 Å². The number of ether oxygens (including phenoxy) is 1. The molecule has 0 aromatic heterocycles. The number of methoxy groups -OCH3 is 1. The van der Waals surface area contributed by atoms with Gasteiger partial charge in [0, 0.05) is 24.5 Å². The zero-order valence-corrected chi connectivity index (χ0v) is 24.1. The molecule has 10 heteroatoms. The van der Waals surface area contributed by atoms with Crippen molar-refractivity contribution in [3.05, 3.63) is 94.5 Å². The zero-order valence-electron chi connectivity index (χ0n) is 22.6. The molecule has 0 bridgehead atoms. The third kappa shape index (κ3) is 8.21. The standard InChI is InChI=1S/C29H34ClN3O5S/c1-5-31-29(35)26(18-22-10-7-6-8-11-22)32(19-23-12-9-13-24(30)17-23)28(34)20-33(39(4,36)37)25-16-21(2)14-15-27(25)38-3/h6-17,26H,5,18-20H2,1-4H3,(H,31,35). The van der Waals surface area contributed by atoms with E-state index in [1.165, 1.54) is 12.0 Å². The summed E-state index contributed by atoms with van der Waals surface area (Å²) in [7, 11) is -2.47. The van der Waals surface area contributed by atoms with Gasteiger partial charge in [-0.05, 0) is 54.8 Å². The highest BCUT2D eigenvalue weighted by Crippen LogP contribution is 2.31. The molecular weight excluding hydrogens is 538 g/mol. The highest BCUT2D eigenvalue weighted by atomic mass is 35.5. The first kappa shape index (κ1) is 30.0. The summed E-state index contributed by atoms with van der Waals surface area (Å²) in [6.45, 7) is 3.53. The monoisotopic (exact) mass is 571 g/mol. The second kappa shape index (κ2) is 13.5. The van der Waals surface area contributed by atoms with Crippen LogP contribution in [0.15, 0.2) is 72.8 Å². The summed E-state index contributed by atoms with van der Waals surface area (Å²) in [6, 6.07) is 20.6. The van der Waals surface area contributed by atoms with Crippen LogP contribution in [0.2, 0.25) is 5.02 Å². The van der Waals surface area contributed by atoms with E-state index in [1.54, 1.807) is 49.4 Å². The van der Waals surface area contributed by atoms with E-state index >= 15 is 0 Å². The van der Waals surface area contributed by atoms with Gasteiger partial charge in [0.25, 0.3) is 0 Å². The van der Waals surface area contributed by atoms with Crippen molar-refractivity contribution >= 4 is 39.1 Å². The number of rotatable bonds is 12. The van der Waals surface area contributed by atoms with Crippen molar-refractivity contribution in [2.45, 2.75) is 32.9 Å². The fourth-order valence-corrected chi connectivity index (χ4v) is 5.33. The number of likely N-dealkylation sites (N-methyl/N-ethyl adjacent to an activating group) is 1. The van der Waals surface area contributed by atoms with Crippen LogP contribution in [0.4, 0.5) is 5.69 Å². The van der Waals surface area contributed by atoms with Crippen LogP contribution in [-0.2, 0) is 32.6 Å². The number of sulfonamides is 1. The van der Waals surface area contributed by atoms with Crippen LogP contribution in [0.1, 0.15) is 23.6 Å². The van der Waals surface area contributed by atoms with Crippen LogP contribution in [0.3, 0.4) is 0 Å². The van der Waals surface area contributed by atoms with Gasteiger partial charge in [0.15, 0.2) is 0 Å². The summed E-state index contributed by atoms with van der Waals surface area (Å²) in [5.74, 6) is -0.573. The molecule has 0 spiro atoms. The Morgan fingerprint density at radius 2 is 1.69 bits per heavy atom. The Morgan fingerprint density at radius 3 is 2.31 bits per heavy atom. The summed E-state index contributed by atoms with van der Waals surface area (Å²) < 4.78 is 32.4. The van der Waals surface area contributed by atoms with Crippen LogP contribution in [0.25, 0.3) is 0 Å². The summed E-state index contributed by atoms with van der Waals surface area (Å²) in [5.41, 5.74) is 2.61. The number of nitrogens with one attached hydrogen (secondary N) is 1. The van der Waals surface area contributed by atoms with Crippen molar-refractivity contribution in [2.75, 3.05) is 30.8 Å². The molecule has 8 nitrogen and oxygen atoms in total. The molecule has 0 radical (unpaired) electrons. The van der Waals surface area contributed by atoms with Gasteiger partial charge in [0.2, 0.25) is 21.8 Å². The van der Waals surface area contributed by atoms with E-state index in [0.29, 0.717) is 22.9 Å². The van der Waals surface area contributed by atoms with Gasteiger partial charge in [-0.25, -0.2) is 8.42 Å². The molecule has 3 rings (SSSR count). The maximum absolute atomic E-state index is 14.1. The Morgan fingerprint density at radius 1 is 1.00 bits per heavy atom. The number of anilines is 1. The van der Waals surface area contributed by atoms with Crippen molar-refractivity contribution in [1.29, 1.82) is 0 Å². The third-order valence-electron chi connectivity index (χ3n) is 6.15. The lowest BCUT2D eigenvalue weighted by atomic mass is 10.0. The molecule has 3 aromatic carbocycles. The highest BCUT2D eigenvalue weighted by Gasteiger charge is 2.33. The summed E-state index contributed by atoms with van der Waals surface area (Å²) in [5, 5.41) is 3.31. The molecular formula is C29H34ClN3O5S. The molecule has 39 heavy (non-hydrogen) atoms. The van der Waals surface area contributed by atoms with E-state index in [-0.39, 0.29) is 24.6 Å². The lowest BCUT2D eigenvalue weighted by Gasteiger charge is -2.33. The molecule has 3 aromatic rings. The first-order valence-corrected chi connectivity index (χ1v) is 14.7. The fraction of sp³-hybridized carbons (Fsp3) is 0.310. The molecule has 208 valence electrons. The molecule has 0 heterocycles. The second-order valence-electron chi connectivity index (χ2n) is 9.20. The van der Waals surface area contributed by atoms with Crippen molar-refractivity contribution < 1.29 is 22.7 Å². The number of hydrogen-bond acceptors (Lipinski definition) is 5. The van der Waals surface area contributed by atoms with E-state index in [2.05, 4.69) is 5.32 Å². The minimum Gasteiger partial charge on any atom is -0.495 e. The first-order valence-electron chi connectivity index (χ1n) is 12.5. The van der Waals surface area contributed by atoms with E-state index < -0.39 is 28.5 Å². The highest BCUT2D eigenvalue weighted by molar-refractivity contribution is 7.92. The number of hydrogen-bond donors (Lipinski definition) is 1. The van der Waals surface area contributed by atoms with Gasteiger partial charge in [0.05, 0.1) is 19.1 Å². The number of amides is 2. The van der Waals surface area contributed by atoms with Crippen LogP contribution in [0.5, 0.6) is 5.75 Å². The first-order chi connectivity index (χ1) is 18.5. The quantitative estimate of drug-likeness (QED) is 0.351. The Labute approximate surface area is 235 Å². The topological polar surface area (TPSA) is 96.0 Å².